The number of nitrogens with zero attached hydrogens (tertiary/aromatic N) is 2. The van der Waals surface area contributed by atoms with Crippen LogP contribution in [0.25, 0.3) is 0 Å². The average molecular weight is 316 g/mol. The Kier molecular flexibility index (Phi) is 5.68. The van der Waals surface area contributed by atoms with E-state index in [1.807, 2.05) is 4.90 Å². The standard InChI is InChI=1S/C19H28N2O2/c1-16(22)20-11-9-18(10-12-20)21-13-14-23-19(15-21)8-7-17-5-3-2-4-6-17/h2-6,18-19H,7-15H2,1H3/t19-/m0/s1. The Bertz CT molecular complexity index is 497. The smallest absolute Gasteiger partial charge is 0.219 e. The number of piperidine rings is 1. The number of ether oxygens (including phenoxy) is 1. The van der Waals surface area contributed by atoms with E-state index in [2.05, 4.69) is 35.2 Å². The first kappa shape index (κ1) is 16.5. The minimum atomic E-state index is 0.214. The van der Waals surface area contributed by atoms with Gasteiger partial charge in [0.25, 0.3) is 0 Å². The number of morpholine rings is 1. The molecule has 1 amide bonds. The zero-order valence-corrected chi connectivity index (χ0v) is 14.1. The van der Waals surface area contributed by atoms with Gasteiger partial charge in [0, 0.05) is 39.1 Å². The van der Waals surface area contributed by atoms with Gasteiger partial charge in [-0.05, 0) is 31.2 Å². The number of likely N-dealkylation sites (tertiary alicyclic amines) is 1. The monoisotopic (exact) mass is 316 g/mol. The van der Waals surface area contributed by atoms with Crippen molar-refractivity contribution in [1.29, 1.82) is 0 Å². The third-order valence-corrected chi connectivity index (χ3v) is 5.19. The van der Waals surface area contributed by atoms with Crippen LogP contribution in [0, 0.1) is 0 Å². The Hall–Kier alpha value is -1.39. The lowest BCUT2D eigenvalue weighted by atomic mass is 10.0. The summed E-state index contributed by atoms with van der Waals surface area (Å²) in [7, 11) is 0. The molecule has 2 fully saturated rings. The second-order valence-electron chi connectivity index (χ2n) is 6.75. The van der Waals surface area contributed by atoms with E-state index >= 15 is 0 Å². The lowest BCUT2D eigenvalue weighted by Gasteiger charge is -2.42. The van der Waals surface area contributed by atoms with Crippen LogP contribution in [-0.4, -0.2) is 60.6 Å². The molecule has 3 rings (SSSR count). The highest BCUT2D eigenvalue weighted by atomic mass is 16.5. The van der Waals surface area contributed by atoms with Crippen LogP contribution in [0.1, 0.15) is 31.7 Å². The summed E-state index contributed by atoms with van der Waals surface area (Å²) < 4.78 is 5.97. The number of benzene rings is 1. The Labute approximate surface area is 139 Å². The number of hydrogen-bond donors (Lipinski definition) is 0. The summed E-state index contributed by atoms with van der Waals surface area (Å²) in [6.45, 7) is 6.41. The SMILES string of the molecule is CC(=O)N1CCC(N2CCO[C@@H](CCc3ccccc3)C2)CC1. The maximum Gasteiger partial charge on any atom is 0.219 e. The number of carbonyl (C=O) groups excluding carboxylic acids is 1. The molecular weight excluding hydrogens is 288 g/mol. The highest BCUT2D eigenvalue weighted by Gasteiger charge is 2.29. The van der Waals surface area contributed by atoms with Gasteiger partial charge in [-0.2, -0.15) is 0 Å². The normalized spacial score (nSPS) is 23.9. The van der Waals surface area contributed by atoms with Gasteiger partial charge in [-0.3, -0.25) is 9.69 Å². The molecule has 1 atom stereocenters. The first-order valence-electron chi connectivity index (χ1n) is 8.87. The van der Waals surface area contributed by atoms with E-state index in [1.54, 1.807) is 6.92 Å². The van der Waals surface area contributed by atoms with Gasteiger partial charge < -0.3 is 9.64 Å². The van der Waals surface area contributed by atoms with Crippen molar-refractivity contribution in [3.63, 3.8) is 0 Å². The van der Waals surface area contributed by atoms with Crippen molar-refractivity contribution in [3.05, 3.63) is 35.9 Å². The van der Waals surface area contributed by atoms with Gasteiger partial charge in [0.1, 0.15) is 0 Å². The molecule has 1 aromatic carbocycles. The Morgan fingerprint density at radius 2 is 1.91 bits per heavy atom. The highest BCUT2D eigenvalue weighted by Crippen LogP contribution is 2.21. The summed E-state index contributed by atoms with van der Waals surface area (Å²) in [5, 5.41) is 0. The first-order valence-corrected chi connectivity index (χ1v) is 8.87. The van der Waals surface area contributed by atoms with E-state index in [-0.39, 0.29) is 5.91 Å². The van der Waals surface area contributed by atoms with Gasteiger partial charge in [0.05, 0.1) is 12.7 Å². The zero-order valence-electron chi connectivity index (χ0n) is 14.1. The van der Waals surface area contributed by atoms with Crippen molar-refractivity contribution in [1.82, 2.24) is 9.80 Å². The van der Waals surface area contributed by atoms with Crippen LogP contribution >= 0.6 is 0 Å². The first-order chi connectivity index (χ1) is 11.2. The number of rotatable bonds is 4. The quantitative estimate of drug-likeness (QED) is 0.855. The summed E-state index contributed by atoms with van der Waals surface area (Å²) >= 11 is 0. The van der Waals surface area contributed by atoms with E-state index in [0.717, 1.165) is 58.5 Å². The van der Waals surface area contributed by atoms with Crippen LogP contribution < -0.4 is 0 Å². The molecule has 0 unspecified atom stereocenters. The van der Waals surface area contributed by atoms with Gasteiger partial charge in [-0.1, -0.05) is 30.3 Å². The van der Waals surface area contributed by atoms with Gasteiger partial charge in [-0.15, -0.1) is 0 Å². The molecule has 0 aromatic heterocycles. The molecule has 0 spiro atoms. The summed E-state index contributed by atoms with van der Waals surface area (Å²) in [5.74, 6) is 0.214. The third kappa shape index (κ3) is 4.55. The van der Waals surface area contributed by atoms with Crippen LogP contribution in [0.5, 0.6) is 0 Å². The highest BCUT2D eigenvalue weighted by molar-refractivity contribution is 5.73. The lowest BCUT2D eigenvalue weighted by Crippen LogP contribution is -2.52. The van der Waals surface area contributed by atoms with Gasteiger partial charge >= 0.3 is 0 Å². The van der Waals surface area contributed by atoms with E-state index in [4.69, 9.17) is 4.74 Å². The Balaban J connectivity index is 1.46. The lowest BCUT2D eigenvalue weighted by molar-refractivity contribution is -0.131. The fourth-order valence-corrected chi connectivity index (χ4v) is 3.77. The van der Waals surface area contributed by atoms with Crippen LogP contribution in [0.3, 0.4) is 0 Å². The van der Waals surface area contributed by atoms with Crippen molar-refractivity contribution in [3.8, 4) is 0 Å². The molecule has 2 saturated heterocycles. The number of aryl methyl sites for hydroxylation is 1. The van der Waals surface area contributed by atoms with Crippen LogP contribution in [0.15, 0.2) is 30.3 Å². The third-order valence-electron chi connectivity index (χ3n) is 5.19. The van der Waals surface area contributed by atoms with E-state index in [1.165, 1.54) is 5.56 Å². The molecule has 0 bridgehead atoms. The number of amides is 1. The largest absolute Gasteiger partial charge is 0.376 e. The summed E-state index contributed by atoms with van der Waals surface area (Å²) in [4.78, 5) is 16.0. The summed E-state index contributed by atoms with van der Waals surface area (Å²) in [5.41, 5.74) is 1.39. The maximum absolute atomic E-state index is 11.4. The Morgan fingerprint density at radius 1 is 1.17 bits per heavy atom. The zero-order chi connectivity index (χ0) is 16.1. The number of hydrogen-bond acceptors (Lipinski definition) is 3. The van der Waals surface area contributed by atoms with E-state index < -0.39 is 0 Å². The summed E-state index contributed by atoms with van der Waals surface area (Å²) in [6.07, 6.45) is 4.72. The van der Waals surface area contributed by atoms with Gasteiger partial charge in [0.2, 0.25) is 5.91 Å². The van der Waals surface area contributed by atoms with Gasteiger partial charge in [-0.25, -0.2) is 0 Å². The van der Waals surface area contributed by atoms with Crippen molar-refractivity contribution in [2.75, 3.05) is 32.8 Å². The van der Waals surface area contributed by atoms with Crippen molar-refractivity contribution in [2.45, 2.75) is 44.8 Å². The van der Waals surface area contributed by atoms with Crippen LogP contribution in [0.2, 0.25) is 0 Å². The minimum absolute atomic E-state index is 0.214. The second-order valence-corrected chi connectivity index (χ2v) is 6.75. The van der Waals surface area contributed by atoms with Crippen LogP contribution in [-0.2, 0) is 16.0 Å². The topological polar surface area (TPSA) is 32.8 Å². The summed E-state index contributed by atoms with van der Waals surface area (Å²) in [6, 6.07) is 11.3. The molecular formula is C19H28N2O2. The molecule has 0 radical (unpaired) electrons. The molecule has 4 nitrogen and oxygen atoms in total. The fraction of sp³-hybridized carbons (Fsp3) is 0.632. The van der Waals surface area contributed by atoms with Crippen molar-refractivity contribution >= 4 is 5.91 Å². The molecule has 126 valence electrons. The molecule has 0 saturated carbocycles. The Morgan fingerprint density at radius 3 is 2.61 bits per heavy atom. The predicted molar refractivity (Wildman–Crippen MR) is 91.4 cm³/mol. The molecule has 1 aromatic rings. The van der Waals surface area contributed by atoms with Crippen molar-refractivity contribution < 1.29 is 9.53 Å². The minimum Gasteiger partial charge on any atom is -0.376 e. The van der Waals surface area contributed by atoms with Crippen LogP contribution in [0.4, 0.5) is 0 Å². The molecule has 2 aliphatic heterocycles. The average Bonchev–Trinajstić information content (AvgIpc) is 2.61. The van der Waals surface area contributed by atoms with E-state index in [0.29, 0.717) is 12.1 Å². The number of carbonyl (C=O) groups is 1. The van der Waals surface area contributed by atoms with Crippen molar-refractivity contribution in [2.24, 2.45) is 0 Å². The molecule has 0 aliphatic carbocycles. The molecule has 2 heterocycles. The maximum atomic E-state index is 11.4. The molecule has 4 heteroatoms. The molecule has 2 aliphatic rings. The molecule has 0 N–H and O–H groups in total. The molecule has 23 heavy (non-hydrogen) atoms. The fourth-order valence-electron chi connectivity index (χ4n) is 3.77. The second kappa shape index (κ2) is 7.93. The predicted octanol–water partition coefficient (Wildman–Crippen LogP) is 2.33. The van der Waals surface area contributed by atoms with Gasteiger partial charge in [0.15, 0.2) is 0 Å². The van der Waals surface area contributed by atoms with E-state index in [9.17, 15) is 4.79 Å².